The number of likely N-dealkylation sites (N-methyl/N-ethyl adjacent to an activating group) is 1. The van der Waals surface area contributed by atoms with Crippen LogP contribution in [0.2, 0.25) is 0 Å². The summed E-state index contributed by atoms with van der Waals surface area (Å²) in [7, 11) is 2.26. The van der Waals surface area contributed by atoms with Crippen molar-refractivity contribution in [3.8, 4) is 0 Å². The molecule has 0 aromatic heterocycles. The van der Waals surface area contributed by atoms with Crippen LogP contribution in [-0.4, -0.2) is 54.6 Å². The van der Waals surface area contributed by atoms with Gasteiger partial charge >= 0.3 is 0 Å². The molecule has 112 valence electrons. The summed E-state index contributed by atoms with van der Waals surface area (Å²) in [5.74, 6) is 0.803. The molecule has 1 aliphatic heterocycles. The molecular weight excluding hydrogens is 234 g/mol. The summed E-state index contributed by atoms with van der Waals surface area (Å²) in [5.41, 5.74) is 6.62. The van der Waals surface area contributed by atoms with Gasteiger partial charge in [-0.15, -0.1) is 0 Å². The normalized spacial score (nSPS) is 39.2. The van der Waals surface area contributed by atoms with Crippen LogP contribution in [0.1, 0.15) is 52.4 Å². The molecule has 1 saturated carbocycles. The van der Waals surface area contributed by atoms with Gasteiger partial charge < -0.3 is 10.6 Å². The topological polar surface area (TPSA) is 32.5 Å². The van der Waals surface area contributed by atoms with E-state index in [2.05, 4.69) is 30.7 Å². The molecule has 0 amide bonds. The molecule has 0 bridgehead atoms. The second-order valence-corrected chi connectivity index (χ2v) is 6.82. The molecule has 3 atom stereocenters. The summed E-state index contributed by atoms with van der Waals surface area (Å²) in [6, 6.07) is 0.642. The molecule has 2 rings (SSSR count). The lowest BCUT2D eigenvalue weighted by Gasteiger charge is -2.53. The van der Waals surface area contributed by atoms with Crippen molar-refractivity contribution in [3.63, 3.8) is 0 Å². The summed E-state index contributed by atoms with van der Waals surface area (Å²) in [4.78, 5) is 5.28. The fraction of sp³-hybridized carbons (Fsp3) is 1.00. The van der Waals surface area contributed by atoms with Crippen LogP contribution in [0, 0.1) is 5.92 Å². The van der Waals surface area contributed by atoms with Crippen LogP contribution in [0.25, 0.3) is 0 Å². The molecule has 2 N–H and O–H groups in total. The summed E-state index contributed by atoms with van der Waals surface area (Å²) in [6.07, 6.45) is 8.05. The number of hydrogen-bond donors (Lipinski definition) is 1. The van der Waals surface area contributed by atoms with Crippen molar-refractivity contribution >= 4 is 0 Å². The van der Waals surface area contributed by atoms with Crippen LogP contribution < -0.4 is 5.73 Å². The molecular formula is C16H33N3. The minimum Gasteiger partial charge on any atom is -0.329 e. The first kappa shape index (κ1) is 15.3. The van der Waals surface area contributed by atoms with Crippen LogP contribution >= 0.6 is 0 Å². The Hall–Kier alpha value is -0.120. The lowest BCUT2D eigenvalue weighted by molar-refractivity contribution is -0.0193. The van der Waals surface area contributed by atoms with Gasteiger partial charge in [0, 0.05) is 31.2 Å². The number of rotatable bonds is 3. The first-order valence-corrected chi connectivity index (χ1v) is 8.29. The van der Waals surface area contributed by atoms with Gasteiger partial charge in [-0.05, 0) is 45.7 Å². The van der Waals surface area contributed by atoms with Gasteiger partial charge in [0.2, 0.25) is 0 Å². The van der Waals surface area contributed by atoms with E-state index >= 15 is 0 Å². The van der Waals surface area contributed by atoms with Crippen molar-refractivity contribution in [2.24, 2.45) is 11.7 Å². The van der Waals surface area contributed by atoms with E-state index in [9.17, 15) is 0 Å². The smallest absolute Gasteiger partial charge is 0.0363 e. The highest BCUT2D eigenvalue weighted by Gasteiger charge is 2.45. The molecule has 1 heterocycles. The Morgan fingerprint density at radius 2 is 2.00 bits per heavy atom. The highest BCUT2D eigenvalue weighted by Crippen LogP contribution is 2.41. The van der Waals surface area contributed by atoms with Gasteiger partial charge in [-0.1, -0.05) is 26.2 Å². The average molecular weight is 267 g/mol. The van der Waals surface area contributed by atoms with Crippen LogP contribution in [0.4, 0.5) is 0 Å². The predicted molar refractivity (Wildman–Crippen MR) is 82.3 cm³/mol. The van der Waals surface area contributed by atoms with Gasteiger partial charge in [0.1, 0.15) is 0 Å². The molecule has 1 aliphatic carbocycles. The third kappa shape index (κ3) is 2.98. The van der Waals surface area contributed by atoms with E-state index in [4.69, 9.17) is 5.73 Å². The van der Waals surface area contributed by atoms with E-state index in [1.807, 2.05) is 0 Å². The zero-order chi connectivity index (χ0) is 13.9. The van der Waals surface area contributed by atoms with Crippen molar-refractivity contribution in [2.75, 3.05) is 33.2 Å². The molecule has 2 aliphatic rings. The van der Waals surface area contributed by atoms with E-state index in [0.29, 0.717) is 6.04 Å². The molecule has 0 radical (unpaired) electrons. The SMILES string of the molecule is CCC1CCCCC1(CN)N1CCCN(C)CC1C. The van der Waals surface area contributed by atoms with Gasteiger partial charge in [0.15, 0.2) is 0 Å². The molecule has 3 unspecified atom stereocenters. The Labute approximate surface area is 119 Å². The van der Waals surface area contributed by atoms with E-state index in [0.717, 1.165) is 12.5 Å². The van der Waals surface area contributed by atoms with Crippen molar-refractivity contribution in [1.82, 2.24) is 9.80 Å². The maximum atomic E-state index is 6.33. The van der Waals surface area contributed by atoms with Gasteiger partial charge in [0.25, 0.3) is 0 Å². The van der Waals surface area contributed by atoms with Gasteiger partial charge in [-0.2, -0.15) is 0 Å². The quantitative estimate of drug-likeness (QED) is 0.852. The van der Waals surface area contributed by atoms with Crippen LogP contribution in [0.15, 0.2) is 0 Å². The Bertz CT molecular complexity index is 281. The number of nitrogens with zero attached hydrogens (tertiary/aromatic N) is 2. The second-order valence-electron chi connectivity index (χ2n) is 6.82. The van der Waals surface area contributed by atoms with Crippen molar-refractivity contribution in [1.29, 1.82) is 0 Å². The molecule has 0 spiro atoms. The Kier molecular flexibility index (Phi) is 5.27. The zero-order valence-corrected chi connectivity index (χ0v) is 13.2. The maximum Gasteiger partial charge on any atom is 0.0363 e. The first-order valence-electron chi connectivity index (χ1n) is 8.29. The van der Waals surface area contributed by atoms with Crippen LogP contribution in [-0.2, 0) is 0 Å². The van der Waals surface area contributed by atoms with Crippen molar-refractivity contribution in [3.05, 3.63) is 0 Å². The molecule has 3 nitrogen and oxygen atoms in total. The summed E-state index contributed by atoms with van der Waals surface area (Å²) in [6.45, 7) is 9.27. The highest BCUT2D eigenvalue weighted by molar-refractivity contribution is 5.02. The minimum absolute atomic E-state index is 0.289. The lowest BCUT2D eigenvalue weighted by Crippen LogP contribution is -2.63. The standard InChI is InChI=1S/C16H33N3/c1-4-15-8-5-6-9-16(15,13-17)19-11-7-10-18(3)12-14(19)2/h14-15H,4-13,17H2,1-3H3. The van der Waals surface area contributed by atoms with E-state index in [1.165, 1.54) is 58.2 Å². The molecule has 0 aromatic carbocycles. The molecule has 19 heavy (non-hydrogen) atoms. The highest BCUT2D eigenvalue weighted by atomic mass is 15.3. The average Bonchev–Trinajstić information content (AvgIpc) is 2.59. The third-order valence-electron chi connectivity index (χ3n) is 5.64. The van der Waals surface area contributed by atoms with Crippen LogP contribution in [0.3, 0.4) is 0 Å². The summed E-state index contributed by atoms with van der Waals surface area (Å²) in [5, 5.41) is 0. The summed E-state index contributed by atoms with van der Waals surface area (Å²) >= 11 is 0. The molecule has 0 aromatic rings. The maximum absolute atomic E-state index is 6.33. The largest absolute Gasteiger partial charge is 0.329 e. The first-order chi connectivity index (χ1) is 9.14. The Morgan fingerprint density at radius 1 is 1.21 bits per heavy atom. The van der Waals surface area contributed by atoms with Crippen LogP contribution in [0.5, 0.6) is 0 Å². The summed E-state index contributed by atoms with van der Waals surface area (Å²) < 4.78 is 0. The monoisotopic (exact) mass is 267 g/mol. The Morgan fingerprint density at radius 3 is 2.68 bits per heavy atom. The molecule has 3 heteroatoms. The lowest BCUT2D eigenvalue weighted by atomic mass is 9.69. The third-order valence-corrected chi connectivity index (χ3v) is 5.64. The molecule has 2 fully saturated rings. The van der Waals surface area contributed by atoms with E-state index < -0.39 is 0 Å². The second kappa shape index (κ2) is 6.55. The zero-order valence-electron chi connectivity index (χ0n) is 13.2. The van der Waals surface area contributed by atoms with Crippen molar-refractivity contribution in [2.45, 2.75) is 64.0 Å². The minimum atomic E-state index is 0.289. The molecule has 1 saturated heterocycles. The predicted octanol–water partition coefficient (Wildman–Crippen LogP) is 2.31. The number of hydrogen-bond acceptors (Lipinski definition) is 3. The number of nitrogens with two attached hydrogens (primary N) is 1. The van der Waals surface area contributed by atoms with E-state index in [-0.39, 0.29) is 5.54 Å². The van der Waals surface area contributed by atoms with Gasteiger partial charge in [0.05, 0.1) is 0 Å². The van der Waals surface area contributed by atoms with E-state index in [1.54, 1.807) is 0 Å². The van der Waals surface area contributed by atoms with Gasteiger partial charge in [-0.3, -0.25) is 4.90 Å². The van der Waals surface area contributed by atoms with Gasteiger partial charge in [-0.25, -0.2) is 0 Å². The fourth-order valence-corrected chi connectivity index (χ4v) is 4.68. The van der Waals surface area contributed by atoms with Crippen molar-refractivity contribution < 1.29 is 0 Å². The fourth-order valence-electron chi connectivity index (χ4n) is 4.68. The Balaban J connectivity index is 2.22.